The number of nitrogens with zero attached hydrogens (tertiary/aromatic N) is 1. The number of pyridine rings is 1. The van der Waals surface area contributed by atoms with Crippen molar-refractivity contribution >= 4 is 26.6 Å². The van der Waals surface area contributed by atoms with Crippen molar-refractivity contribution in [2.24, 2.45) is 0 Å². The molecular formula is C16H13FN2O2S. The first kappa shape index (κ1) is 14.5. The summed E-state index contributed by atoms with van der Waals surface area (Å²) in [7, 11) is -3.59. The minimum Gasteiger partial charge on any atom is -0.283 e. The van der Waals surface area contributed by atoms with Gasteiger partial charge in [-0.15, -0.1) is 0 Å². The standard InChI is InChI=1S/C16H13FN2O2S/c17-13-8-6-12(7-9-13)11-22(20,21)19-16-5-1-4-15-14(16)3-2-10-18-15/h1-10,19H,11H2. The summed E-state index contributed by atoms with van der Waals surface area (Å²) < 4.78 is 40.0. The number of fused-ring (bicyclic) bond motifs is 1. The number of hydrogen-bond donors (Lipinski definition) is 1. The molecule has 4 nitrogen and oxygen atoms in total. The molecule has 0 fully saturated rings. The Balaban J connectivity index is 1.88. The van der Waals surface area contributed by atoms with E-state index >= 15 is 0 Å². The fourth-order valence-electron chi connectivity index (χ4n) is 2.20. The molecule has 22 heavy (non-hydrogen) atoms. The largest absolute Gasteiger partial charge is 0.283 e. The highest BCUT2D eigenvalue weighted by molar-refractivity contribution is 7.91. The van der Waals surface area contributed by atoms with Crippen LogP contribution in [0.2, 0.25) is 0 Å². The molecule has 0 atom stereocenters. The van der Waals surface area contributed by atoms with Gasteiger partial charge in [0.1, 0.15) is 5.82 Å². The highest BCUT2D eigenvalue weighted by atomic mass is 32.2. The molecule has 2 aromatic carbocycles. The van der Waals surface area contributed by atoms with Gasteiger partial charge in [-0.25, -0.2) is 12.8 Å². The molecule has 1 N–H and O–H groups in total. The Labute approximate surface area is 127 Å². The van der Waals surface area contributed by atoms with E-state index in [0.29, 0.717) is 16.8 Å². The van der Waals surface area contributed by atoms with E-state index in [-0.39, 0.29) is 5.75 Å². The van der Waals surface area contributed by atoms with Gasteiger partial charge in [0.15, 0.2) is 0 Å². The fourth-order valence-corrected chi connectivity index (χ4v) is 3.41. The number of hydrogen-bond acceptors (Lipinski definition) is 3. The third kappa shape index (κ3) is 3.23. The number of anilines is 1. The van der Waals surface area contributed by atoms with Crippen LogP contribution in [0.5, 0.6) is 0 Å². The third-order valence-electron chi connectivity index (χ3n) is 3.18. The minimum absolute atomic E-state index is 0.218. The van der Waals surface area contributed by atoms with Crippen molar-refractivity contribution in [3.8, 4) is 0 Å². The molecule has 0 aliphatic rings. The van der Waals surface area contributed by atoms with Crippen LogP contribution in [0, 0.1) is 5.82 Å². The van der Waals surface area contributed by atoms with E-state index in [9.17, 15) is 12.8 Å². The predicted octanol–water partition coefficient (Wildman–Crippen LogP) is 3.32. The van der Waals surface area contributed by atoms with E-state index in [0.717, 1.165) is 5.39 Å². The van der Waals surface area contributed by atoms with E-state index in [2.05, 4.69) is 9.71 Å². The summed E-state index contributed by atoms with van der Waals surface area (Å²) in [4.78, 5) is 4.19. The lowest BCUT2D eigenvalue weighted by Gasteiger charge is -2.10. The molecule has 0 amide bonds. The van der Waals surface area contributed by atoms with Gasteiger partial charge in [0.2, 0.25) is 10.0 Å². The number of sulfonamides is 1. The van der Waals surface area contributed by atoms with Crippen molar-refractivity contribution in [1.82, 2.24) is 4.98 Å². The summed E-state index contributed by atoms with van der Waals surface area (Å²) in [5, 5.41) is 0.729. The maximum absolute atomic E-state index is 12.9. The lowest BCUT2D eigenvalue weighted by molar-refractivity contribution is 0.600. The Morgan fingerprint density at radius 1 is 1.00 bits per heavy atom. The maximum atomic E-state index is 12.9. The second-order valence-corrected chi connectivity index (χ2v) is 6.59. The molecule has 0 spiro atoms. The Morgan fingerprint density at radius 2 is 1.77 bits per heavy atom. The molecule has 1 aromatic heterocycles. The van der Waals surface area contributed by atoms with Crippen molar-refractivity contribution in [2.45, 2.75) is 5.75 Å². The van der Waals surface area contributed by atoms with Crippen LogP contribution in [0.15, 0.2) is 60.8 Å². The lowest BCUT2D eigenvalue weighted by Crippen LogP contribution is -2.15. The van der Waals surface area contributed by atoms with Crippen LogP contribution in [-0.2, 0) is 15.8 Å². The van der Waals surface area contributed by atoms with E-state index in [1.54, 1.807) is 30.5 Å². The topological polar surface area (TPSA) is 59.1 Å². The van der Waals surface area contributed by atoms with Crippen molar-refractivity contribution in [3.05, 3.63) is 72.2 Å². The first-order valence-corrected chi connectivity index (χ1v) is 8.27. The number of rotatable bonds is 4. The summed E-state index contributed by atoms with van der Waals surface area (Å²) in [5.74, 6) is -0.613. The third-order valence-corrected chi connectivity index (χ3v) is 4.43. The van der Waals surface area contributed by atoms with Gasteiger partial charge in [0.05, 0.1) is 17.0 Å². The molecule has 1 heterocycles. The summed E-state index contributed by atoms with van der Waals surface area (Å²) in [5.41, 5.74) is 1.71. The molecule has 0 saturated heterocycles. The van der Waals surface area contributed by atoms with E-state index in [1.807, 2.05) is 6.07 Å². The quantitative estimate of drug-likeness (QED) is 0.803. The molecule has 0 radical (unpaired) electrons. The Morgan fingerprint density at radius 3 is 2.55 bits per heavy atom. The van der Waals surface area contributed by atoms with Crippen LogP contribution in [0.4, 0.5) is 10.1 Å². The molecule has 0 saturated carbocycles. The van der Waals surface area contributed by atoms with Crippen LogP contribution < -0.4 is 4.72 Å². The Kier molecular flexibility index (Phi) is 3.77. The number of nitrogens with one attached hydrogen (secondary N) is 1. The van der Waals surface area contributed by atoms with Gasteiger partial charge >= 0.3 is 0 Å². The summed E-state index contributed by atoms with van der Waals surface area (Å²) in [6, 6.07) is 14.2. The minimum atomic E-state index is -3.59. The highest BCUT2D eigenvalue weighted by Gasteiger charge is 2.13. The molecule has 0 bridgehead atoms. The first-order valence-electron chi connectivity index (χ1n) is 6.62. The van der Waals surface area contributed by atoms with Crippen LogP contribution in [-0.4, -0.2) is 13.4 Å². The average molecular weight is 316 g/mol. The molecular weight excluding hydrogens is 303 g/mol. The van der Waals surface area contributed by atoms with Crippen molar-refractivity contribution in [1.29, 1.82) is 0 Å². The number of aromatic nitrogens is 1. The highest BCUT2D eigenvalue weighted by Crippen LogP contribution is 2.23. The van der Waals surface area contributed by atoms with Crippen LogP contribution in [0.3, 0.4) is 0 Å². The SMILES string of the molecule is O=S(=O)(Cc1ccc(F)cc1)Nc1cccc2ncccc12. The summed E-state index contributed by atoms with van der Waals surface area (Å²) >= 11 is 0. The van der Waals surface area contributed by atoms with Crippen molar-refractivity contribution < 1.29 is 12.8 Å². The molecule has 0 unspecified atom stereocenters. The van der Waals surface area contributed by atoms with Gasteiger partial charge in [-0.3, -0.25) is 9.71 Å². The van der Waals surface area contributed by atoms with E-state index in [1.165, 1.54) is 24.3 Å². The summed E-state index contributed by atoms with van der Waals surface area (Å²) in [6.45, 7) is 0. The second kappa shape index (κ2) is 5.73. The zero-order chi connectivity index (χ0) is 15.6. The van der Waals surface area contributed by atoms with Gasteiger partial charge in [0, 0.05) is 11.6 Å². The first-order chi connectivity index (χ1) is 10.5. The van der Waals surface area contributed by atoms with Crippen molar-refractivity contribution in [3.63, 3.8) is 0 Å². The maximum Gasteiger partial charge on any atom is 0.236 e. The second-order valence-electron chi connectivity index (χ2n) is 4.86. The molecule has 3 aromatic rings. The molecule has 0 aliphatic carbocycles. The normalized spacial score (nSPS) is 11.5. The Hall–Kier alpha value is -2.47. The average Bonchev–Trinajstić information content (AvgIpc) is 2.49. The molecule has 112 valence electrons. The van der Waals surface area contributed by atoms with Gasteiger partial charge in [0.25, 0.3) is 0 Å². The van der Waals surface area contributed by atoms with Crippen LogP contribution in [0.1, 0.15) is 5.56 Å². The zero-order valence-corrected chi connectivity index (χ0v) is 12.3. The van der Waals surface area contributed by atoms with Gasteiger partial charge in [-0.2, -0.15) is 0 Å². The van der Waals surface area contributed by atoms with Gasteiger partial charge in [-0.05, 0) is 42.0 Å². The van der Waals surface area contributed by atoms with Gasteiger partial charge in [-0.1, -0.05) is 18.2 Å². The van der Waals surface area contributed by atoms with Crippen LogP contribution >= 0.6 is 0 Å². The van der Waals surface area contributed by atoms with Gasteiger partial charge < -0.3 is 0 Å². The van der Waals surface area contributed by atoms with E-state index < -0.39 is 15.8 Å². The fraction of sp³-hybridized carbons (Fsp3) is 0.0625. The molecule has 0 aliphatic heterocycles. The number of halogens is 1. The zero-order valence-electron chi connectivity index (χ0n) is 11.5. The molecule has 6 heteroatoms. The number of benzene rings is 2. The monoisotopic (exact) mass is 316 g/mol. The lowest BCUT2D eigenvalue weighted by atomic mass is 10.2. The smallest absolute Gasteiger partial charge is 0.236 e. The molecule has 3 rings (SSSR count). The van der Waals surface area contributed by atoms with Crippen LogP contribution in [0.25, 0.3) is 10.9 Å². The summed E-state index contributed by atoms with van der Waals surface area (Å²) in [6.07, 6.45) is 1.65. The Bertz CT molecular complexity index is 904. The van der Waals surface area contributed by atoms with Crippen molar-refractivity contribution in [2.75, 3.05) is 4.72 Å². The predicted molar refractivity (Wildman–Crippen MR) is 84.4 cm³/mol. The van der Waals surface area contributed by atoms with E-state index in [4.69, 9.17) is 0 Å².